The molecule has 12 nitrogen and oxygen atoms in total. The van der Waals surface area contributed by atoms with Crippen LogP contribution in [0.2, 0.25) is 0 Å². The van der Waals surface area contributed by atoms with Gasteiger partial charge >= 0.3 is 5.69 Å². The molecule has 0 saturated carbocycles. The van der Waals surface area contributed by atoms with Crippen LogP contribution in [-0.4, -0.2) is 39.0 Å². The molecule has 3 rings (SSSR count). The van der Waals surface area contributed by atoms with Crippen LogP contribution in [0.25, 0.3) is 0 Å². The van der Waals surface area contributed by atoms with Crippen molar-refractivity contribution in [2.75, 3.05) is 10.0 Å². The number of nitrogens with one attached hydrogen (secondary N) is 2. The van der Waals surface area contributed by atoms with Crippen molar-refractivity contribution in [2.24, 2.45) is 0 Å². The maximum absolute atomic E-state index is 12.3. The molecular formula is C16H15N7O5S. The van der Waals surface area contributed by atoms with Crippen molar-refractivity contribution in [2.45, 2.75) is 17.9 Å². The third-order valence-corrected chi connectivity index (χ3v) is 4.98. The van der Waals surface area contributed by atoms with Crippen molar-refractivity contribution in [1.82, 2.24) is 19.7 Å². The van der Waals surface area contributed by atoms with Crippen LogP contribution in [0.4, 0.5) is 17.3 Å². The van der Waals surface area contributed by atoms with Crippen molar-refractivity contribution >= 4 is 33.3 Å². The Morgan fingerprint density at radius 3 is 2.48 bits per heavy atom. The summed E-state index contributed by atoms with van der Waals surface area (Å²) in [6.07, 6.45) is 5.18. The number of nitro groups is 1. The highest BCUT2D eigenvalue weighted by Crippen LogP contribution is 2.16. The van der Waals surface area contributed by atoms with Crippen molar-refractivity contribution in [3.8, 4) is 0 Å². The molecule has 0 unspecified atom stereocenters. The molecule has 0 bridgehead atoms. The van der Waals surface area contributed by atoms with Crippen LogP contribution in [0.5, 0.6) is 0 Å². The minimum atomic E-state index is -3.86. The number of rotatable bonds is 8. The Kier molecular flexibility index (Phi) is 5.78. The smallest absolute Gasteiger partial charge is 0.306 e. The van der Waals surface area contributed by atoms with Gasteiger partial charge in [0, 0.05) is 31.0 Å². The second-order valence-corrected chi connectivity index (χ2v) is 7.40. The monoisotopic (exact) mass is 417 g/mol. The summed E-state index contributed by atoms with van der Waals surface area (Å²) in [7, 11) is -3.86. The molecule has 0 radical (unpaired) electrons. The van der Waals surface area contributed by atoms with E-state index >= 15 is 0 Å². The van der Waals surface area contributed by atoms with Gasteiger partial charge in [-0.1, -0.05) is 0 Å². The Morgan fingerprint density at radius 2 is 1.86 bits per heavy atom. The van der Waals surface area contributed by atoms with Crippen molar-refractivity contribution < 1.29 is 18.1 Å². The first-order valence-electron chi connectivity index (χ1n) is 8.20. The highest BCUT2D eigenvalue weighted by molar-refractivity contribution is 7.92. The molecule has 1 amide bonds. The summed E-state index contributed by atoms with van der Waals surface area (Å²) in [6.45, 7) is 0.160. The van der Waals surface area contributed by atoms with Crippen molar-refractivity contribution in [3.63, 3.8) is 0 Å². The average Bonchev–Trinajstić information content (AvgIpc) is 3.17. The van der Waals surface area contributed by atoms with Gasteiger partial charge < -0.3 is 5.32 Å². The third kappa shape index (κ3) is 5.32. The average molecular weight is 417 g/mol. The number of benzene rings is 1. The molecule has 0 aliphatic rings. The van der Waals surface area contributed by atoms with E-state index in [1.165, 1.54) is 47.5 Å². The fourth-order valence-electron chi connectivity index (χ4n) is 2.26. The van der Waals surface area contributed by atoms with E-state index in [4.69, 9.17) is 0 Å². The molecular weight excluding hydrogens is 402 g/mol. The zero-order valence-electron chi connectivity index (χ0n) is 14.8. The van der Waals surface area contributed by atoms with Gasteiger partial charge in [-0.15, -0.1) is 0 Å². The number of hydrogen-bond donors (Lipinski definition) is 2. The third-order valence-electron chi connectivity index (χ3n) is 3.64. The second kappa shape index (κ2) is 8.43. The van der Waals surface area contributed by atoms with E-state index in [9.17, 15) is 23.3 Å². The number of carbonyl (C=O) groups excluding carboxylic acids is 1. The lowest BCUT2D eigenvalue weighted by Crippen LogP contribution is -2.16. The predicted octanol–water partition coefficient (Wildman–Crippen LogP) is 1.41. The molecule has 13 heteroatoms. The highest BCUT2D eigenvalue weighted by atomic mass is 32.2. The molecule has 1 aromatic carbocycles. The molecule has 3 aromatic rings. The number of aromatic nitrogens is 4. The Labute approximate surface area is 164 Å². The molecule has 0 aliphatic heterocycles. The first-order chi connectivity index (χ1) is 13.8. The molecule has 0 atom stereocenters. The summed E-state index contributed by atoms with van der Waals surface area (Å²) in [5, 5.41) is 17.0. The van der Waals surface area contributed by atoms with Crippen LogP contribution >= 0.6 is 0 Å². The van der Waals surface area contributed by atoms with Crippen LogP contribution in [0, 0.1) is 10.1 Å². The van der Waals surface area contributed by atoms with Gasteiger partial charge in [-0.25, -0.2) is 23.1 Å². The van der Waals surface area contributed by atoms with Gasteiger partial charge in [-0.05, 0) is 30.3 Å². The standard InChI is InChI=1S/C16H15N7O5S/c24-15(6-9-22-11-13(10-19-22)23(25)26)20-12-2-4-14(5-3-12)29(27,28)21-16-17-7-1-8-18-16/h1-5,7-8,10-11H,6,9H2,(H,20,24)(H,17,18,21). The number of sulfonamides is 1. The van der Waals surface area contributed by atoms with Gasteiger partial charge in [0.15, 0.2) is 0 Å². The normalized spacial score (nSPS) is 11.0. The number of anilines is 2. The van der Waals surface area contributed by atoms with Gasteiger partial charge in [0.1, 0.15) is 12.4 Å². The predicted molar refractivity (Wildman–Crippen MR) is 101 cm³/mol. The zero-order valence-corrected chi connectivity index (χ0v) is 15.6. The summed E-state index contributed by atoms with van der Waals surface area (Å²) >= 11 is 0. The maximum atomic E-state index is 12.3. The Hall–Kier alpha value is -3.87. The van der Waals surface area contributed by atoms with E-state index in [-0.39, 0.29) is 35.4 Å². The Balaban J connectivity index is 1.56. The summed E-state index contributed by atoms with van der Waals surface area (Å²) < 4.78 is 28.2. The van der Waals surface area contributed by atoms with Crippen molar-refractivity contribution in [3.05, 3.63) is 65.2 Å². The fourth-order valence-corrected chi connectivity index (χ4v) is 3.22. The topological polar surface area (TPSA) is 162 Å². The lowest BCUT2D eigenvalue weighted by atomic mass is 10.3. The molecule has 2 aromatic heterocycles. The molecule has 0 spiro atoms. The van der Waals surface area contributed by atoms with Gasteiger partial charge in [0.2, 0.25) is 11.9 Å². The zero-order chi connectivity index (χ0) is 20.9. The summed E-state index contributed by atoms with van der Waals surface area (Å²) in [5.74, 6) is -0.404. The molecule has 2 heterocycles. The number of hydrogen-bond acceptors (Lipinski definition) is 8. The van der Waals surface area contributed by atoms with E-state index in [2.05, 4.69) is 25.1 Å². The van der Waals surface area contributed by atoms with E-state index in [0.29, 0.717) is 5.69 Å². The largest absolute Gasteiger partial charge is 0.326 e. The minimum Gasteiger partial charge on any atom is -0.326 e. The molecule has 0 fully saturated rings. The van der Waals surface area contributed by atoms with Crippen LogP contribution in [0.3, 0.4) is 0 Å². The molecule has 2 N–H and O–H groups in total. The lowest BCUT2D eigenvalue weighted by molar-refractivity contribution is -0.385. The van der Waals surface area contributed by atoms with Crippen LogP contribution < -0.4 is 10.0 Å². The van der Waals surface area contributed by atoms with E-state index in [1.54, 1.807) is 6.07 Å². The van der Waals surface area contributed by atoms with Gasteiger partial charge in [0.25, 0.3) is 10.0 Å². The summed E-state index contributed by atoms with van der Waals surface area (Å²) in [5.41, 5.74) is 0.244. The second-order valence-electron chi connectivity index (χ2n) is 5.72. The molecule has 0 aliphatic carbocycles. The van der Waals surface area contributed by atoms with Gasteiger partial charge in [0.05, 0.1) is 9.82 Å². The lowest BCUT2D eigenvalue weighted by Gasteiger charge is -2.08. The number of carbonyl (C=O) groups is 1. The number of amides is 1. The Morgan fingerprint density at radius 1 is 1.17 bits per heavy atom. The number of aryl methyl sites for hydroxylation is 1. The maximum Gasteiger partial charge on any atom is 0.306 e. The summed E-state index contributed by atoms with van der Waals surface area (Å²) in [6, 6.07) is 7.10. The SMILES string of the molecule is O=C(CCn1cc([N+](=O)[O-])cn1)Nc1ccc(S(=O)(=O)Nc2ncccn2)cc1. The van der Waals surface area contributed by atoms with Crippen molar-refractivity contribution in [1.29, 1.82) is 0 Å². The van der Waals surface area contributed by atoms with Gasteiger partial charge in [-0.2, -0.15) is 5.10 Å². The molecule has 29 heavy (non-hydrogen) atoms. The minimum absolute atomic E-state index is 0.0215. The van der Waals surface area contributed by atoms with E-state index in [0.717, 1.165) is 6.20 Å². The van der Waals surface area contributed by atoms with E-state index in [1.807, 2.05) is 0 Å². The van der Waals surface area contributed by atoms with E-state index < -0.39 is 14.9 Å². The molecule has 0 saturated heterocycles. The number of nitrogens with zero attached hydrogens (tertiary/aromatic N) is 5. The van der Waals surface area contributed by atoms with Crippen LogP contribution in [0.1, 0.15) is 6.42 Å². The van der Waals surface area contributed by atoms with Gasteiger partial charge in [-0.3, -0.25) is 19.6 Å². The van der Waals surface area contributed by atoms with Crippen LogP contribution in [0.15, 0.2) is 60.0 Å². The summed E-state index contributed by atoms with van der Waals surface area (Å²) in [4.78, 5) is 29.6. The Bertz CT molecular complexity index is 1110. The molecule has 150 valence electrons. The first kappa shape index (κ1) is 19.9. The first-order valence-corrected chi connectivity index (χ1v) is 9.68. The highest BCUT2D eigenvalue weighted by Gasteiger charge is 2.16. The fraction of sp³-hybridized carbons (Fsp3) is 0.125. The van der Waals surface area contributed by atoms with Crippen LogP contribution in [-0.2, 0) is 21.4 Å². The quantitative estimate of drug-likeness (QED) is 0.410.